The molecular formula is C18H23N3O3. The van der Waals surface area contributed by atoms with E-state index in [0.717, 1.165) is 0 Å². The number of ether oxygens (including phenoxy) is 2. The van der Waals surface area contributed by atoms with Crippen molar-refractivity contribution < 1.29 is 14.3 Å². The molecule has 2 aromatic rings. The van der Waals surface area contributed by atoms with Gasteiger partial charge in [0.15, 0.2) is 5.75 Å². The van der Waals surface area contributed by atoms with E-state index in [-0.39, 0.29) is 12.1 Å². The minimum Gasteiger partial charge on any atom is -0.454 e. The Morgan fingerprint density at radius 3 is 2.79 bits per heavy atom. The van der Waals surface area contributed by atoms with Crippen LogP contribution in [-0.2, 0) is 4.74 Å². The Kier molecular flexibility index (Phi) is 6.57. The molecule has 2 amide bonds. The van der Waals surface area contributed by atoms with Gasteiger partial charge in [0, 0.05) is 26.4 Å². The van der Waals surface area contributed by atoms with Gasteiger partial charge in [-0.1, -0.05) is 12.1 Å². The fourth-order valence-electron chi connectivity index (χ4n) is 2.21. The molecule has 0 saturated carbocycles. The second kappa shape index (κ2) is 8.88. The second-order valence-corrected chi connectivity index (χ2v) is 5.36. The Balaban J connectivity index is 2.03. The molecule has 128 valence electrons. The van der Waals surface area contributed by atoms with Crippen LogP contribution in [0.1, 0.15) is 13.8 Å². The number of para-hydroxylation sites is 2. The van der Waals surface area contributed by atoms with E-state index < -0.39 is 0 Å². The summed E-state index contributed by atoms with van der Waals surface area (Å²) in [6.45, 7) is 5.00. The summed E-state index contributed by atoms with van der Waals surface area (Å²) in [5.41, 5.74) is 0.599. The number of amides is 2. The molecule has 0 saturated heterocycles. The highest BCUT2D eigenvalue weighted by molar-refractivity contribution is 5.90. The first kappa shape index (κ1) is 17.7. The van der Waals surface area contributed by atoms with Gasteiger partial charge in [-0.05, 0) is 38.1 Å². The molecule has 6 nitrogen and oxygen atoms in total. The molecule has 0 aliphatic heterocycles. The number of carbonyl (C=O) groups is 1. The van der Waals surface area contributed by atoms with Crippen LogP contribution in [0.3, 0.4) is 0 Å². The van der Waals surface area contributed by atoms with Gasteiger partial charge >= 0.3 is 6.03 Å². The Labute approximate surface area is 142 Å². The second-order valence-electron chi connectivity index (χ2n) is 5.36. The van der Waals surface area contributed by atoms with Crippen LogP contribution in [0.15, 0.2) is 48.8 Å². The molecule has 0 unspecified atom stereocenters. The van der Waals surface area contributed by atoms with Gasteiger partial charge in [-0.15, -0.1) is 0 Å². The Morgan fingerprint density at radius 1 is 1.29 bits per heavy atom. The zero-order chi connectivity index (χ0) is 17.4. The van der Waals surface area contributed by atoms with Crippen molar-refractivity contribution in [2.24, 2.45) is 0 Å². The third-order valence-corrected chi connectivity index (χ3v) is 3.32. The summed E-state index contributed by atoms with van der Waals surface area (Å²) in [7, 11) is 1.73. The number of rotatable bonds is 7. The molecule has 2 rings (SSSR count). The number of hydrogen-bond acceptors (Lipinski definition) is 4. The standard InChI is InChI=1S/C18H23N3O3/c1-4-23-14(2)13-21(3)18(22)20-16-9-5-6-10-17(16)24-15-8-7-11-19-12-15/h5-12,14H,4,13H2,1-3H3,(H,20,22)/t14-/m0/s1. The molecule has 0 radical (unpaired) electrons. The molecule has 0 bridgehead atoms. The van der Waals surface area contributed by atoms with E-state index in [0.29, 0.717) is 30.3 Å². The molecule has 24 heavy (non-hydrogen) atoms. The van der Waals surface area contributed by atoms with Gasteiger partial charge < -0.3 is 19.7 Å². The van der Waals surface area contributed by atoms with Crippen LogP contribution >= 0.6 is 0 Å². The highest BCUT2D eigenvalue weighted by Crippen LogP contribution is 2.28. The molecule has 0 fully saturated rings. The number of hydrogen-bond donors (Lipinski definition) is 1. The molecule has 1 heterocycles. The summed E-state index contributed by atoms with van der Waals surface area (Å²) >= 11 is 0. The average molecular weight is 329 g/mol. The van der Waals surface area contributed by atoms with Crippen molar-refractivity contribution in [1.82, 2.24) is 9.88 Å². The number of likely N-dealkylation sites (N-methyl/N-ethyl adjacent to an activating group) is 1. The number of benzene rings is 1. The SMILES string of the molecule is CCO[C@@H](C)CN(C)C(=O)Nc1ccccc1Oc1cccnc1. The lowest BCUT2D eigenvalue weighted by Crippen LogP contribution is -2.37. The van der Waals surface area contributed by atoms with Crippen molar-refractivity contribution in [3.05, 3.63) is 48.8 Å². The van der Waals surface area contributed by atoms with Gasteiger partial charge in [-0.2, -0.15) is 0 Å². The van der Waals surface area contributed by atoms with E-state index in [2.05, 4.69) is 10.3 Å². The lowest BCUT2D eigenvalue weighted by molar-refractivity contribution is 0.0594. The topological polar surface area (TPSA) is 63.7 Å². The lowest BCUT2D eigenvalue weighted by Gasteiger charge is -2.22. The summed E-state index contributed by atoms with van der Waals surface area (Å²) in [6, 6.07) is 10.7. The summed E-state index contributed by atoms with van der Waals surface area (Å²) in [5.74, 6) is 1.17. The van der Waals surface area contributed by atoms with Crippen molar-refractivity contribution in [3.63, 3.8) is 0 Å². The van der Waals surface area contributed by atoms with Crippen LogP contribution in [0.5, 0.6) is 11.5 Å². The maximum absolute atomic E-state index is 12.3. The number of carbonyl (C=O) groups excluding carboxylic acids is 1. The smallest absolute Gasteiger partial charge is 0.321 e. The molecule has 0 spiro atoms. The molecule has 1 aromatic heterocycles. The van der Waals surface area contributed by atoms with Gasteiger partial charge in [0.2, 0.25) is 0 Å². The lowest BCUT2D eigenvalue weighted by atomic mass is 10.3. The predicted octanol–water partition coefficient (Wildman–Crippen LogP) is 3.76. The quantitative estimate of drug-likeness (QED) is 0.840. The molecule has 1 atom stereocenters. The van der Waals surface area contributed by atoms with Crippen LogP contribution in [-0.4, -0.2) is 42.2 Å². The van der Waals surface area contributed by atoms with Gasteiger partial charge in [-0.3, -0.25) is 4.98 Å². The van der Waals surface area contributed by atoms with Crippen molar-refractivity contribution in [2.45, 2.75) is 20.0 Å². The predicted molar refractivity (Wildman–Crippen MR) is 93.5 cm³/mol. The van der Waals surface area contributed by atoms with Gasteiger partial charge in [0.05, 0.1) is 18.0 Å². The zero-order valence-electron chi connectivity index (χ0n) is 14.2. The van der Waals surface area contributed by atoms with E-state index in [9.17, 15) is 4.79 Å². The van der Waals surface area contributed by atoms with Gasteiger partial charge in [0.1, 0.15) is 5.75 Å². The number of urea groups is 1. The third-order valence-electron chi connectivity index (χ3n) is 3.32. The number of nitrogens with one attached hydrogen (secondary N) is 1. The minimum atomic E-state index is -0.219. The summed E-state index contributed by atoms with van der Waals surface area (Å²) in [6.07, 6.45) is 3.27. The fraction of sp³-hybridized carbons (Fsp3) is 0.333. The van der Waals surface area contributed by atoms with E-state index >= 15 is 0 Å². The van der Waals surface area contributed by atoms with Crippen molar-refractivity contribution in [1.29, 1.82) is 0 Å². The largest absolute Gasteiger partial charge is 0.454 e. The normalized spacial score (nSPS) is 11.6. The van der Waals surface area contributed by atoms with Crippen molar-refractivity contribution >= 4 is 11.7 Å². The van der Waals surface area contributed by atoms with Crippen molar-refractivity contribution in [2.75, 3.05) is 25.5 Å². The molecule has 0 aliphatic carbocycles. The average Bonchev–Trinajstić information content (AvgIpc) is 2.57. The van der Waals surface area contributed by atoms with E-state index in [1.165, 1.54) is 0 Å². The fourth-order valence-corrected chi connectivity index (χ4v) is 2.21. The molecule has 1 N–H and O–H groups in total. The molecule has 0 aliphatic rings. The summed E-state index contributed by atoms with van der Waals surface area (Å²) < 4.78 is 11.3. The highest BCUT2D eigenvalue weighted by Gasteiger charge is 2.14. The first-order valence-corrected chi connectivity index (χ1v) is 7.90. The number of pyridine rings is 1. The third kappa shape index (κ3) is 5.24. The molecular weight excluding hydrogens is 306 g/mol. The van der Waals surface area contributed by atoms with Gasteiger partial charge in [0.25, 0.3) is 0 Å². The van der Waals surface area contributed by atoms with Crippen LogP contribution in [0.25, 0.3) is 0 Å². The van der Waals surface area contributed by atoms with Crippen LogP contribution in [0.4, 0.5) is 10.5 Å². The summed E-state index contributed by atoms with van der Waals surface area (Å²) in [5, 5.41) is 2.86. The maximum Gasteiger partial charge on any atom is 0.321 e. The molecule has 1 aromatic carbocycles. The van der Waals surface area contributed by atoms with Gasteiger partial charge in [-0.25, -0.2) is 4.79 Å². The highest BCUT2D eigenvalue weighted by atomic mass is 16.5. The van der Waals surface area contributed by atoms with Crippen LogP contribution < -0.4 is 10.1 Å². The first-order valence-electron chi connectivity index (χ1n) is 7.90. The minimum absolute atomic E-state index is 0.0207. The first-order chi connectivity index (χ1) is 11.6. The zero-order valence-corrected chi connectivity index (χ0v) is 14.2. The van der Waals surface area contributed by atoms with E-state index in [1.54, 1.807) is 42.5 Å². The van der Waals surface area contributed by atoms with Crippen LogP contribution in [0.2, 0.25) is 0 Å². The number of anilines is 1. The van der Waals surface area contributed by atoms with E-state index in [4.69, 9.17) is 9.47 Å². The number of nitrogens with zero attached hydrogens (tertiary/aromatic N) is 2. The Bertz CT molecular complexity index is 649. The molecule has 6 heteroatoms. The van der Waals surface area contributed by atoms with Crippen molar-refractivity contribution in [3.8, 4) is 11.5 Å². The Hall–Kier alpha value is -2.60. The number of aromatic nitrogens is 1. The van der Waals surface area contributed by atoms with Crippen LogP contribution in [0, 0.1) is 0 Å². The summed E-state index contributed by atoms with van der Waals surface area (Å²) in [4.78, 5) is 17.9. The van der Waals surface area contributed by atoms with E-state index in [1.807, 2.05) is 32.0 Å². The monoisotopic (exact) mass is 329 g/mol. The maximum atomic E-state index is 12.3. The Morgan fingerprint density at radius 2 is 2.08 bits per heavy atom.